The molecule has 0 spiro atoms. The number of ether oxygens (including phenoxy) is 1. The average Bonchev–Trinajstić information content (AvgIpc) is 3.10. The van der Waals surface area contributed by atoms with Gasteiger partial charge in [0.15, 0.2) is 5.17 Å². The highest BCUT2D eigenvalue weighted by Gasteiger charge is 2.51. The summed E-state index contributed by atoms with van der Waals surface area (Å²) in [7, 11) is 0. The Labute approximate surface area is 166 Å². The minimum atomic E-state index is -0.972. The van der Waals surface area contributed by atoms with E-state index < -0.39 is 18.2 Å². The van der Waals surface area contributed by atoms with Gasteiger partial charge in [0, 0.05) is 29.0 Å². The van der Waals surface area contributed by atoms with Crippen molar-refractivity contribution in [3.05, 3.63) is 29.3 Å². The Bertz CT molecular complexity index is 726. The van der Waals surface area contributed by atoms with E-state index in [1.165, 1.54) is 11.8 Å². The number of hydrogen-bond donors (Lipinski definition) is 3. The van der Waals surface area contributed by atoms with Crippen LogP contribution in [-0.4, -0.2) is 76.0 Å². The smallest absolute Gasteiger partial charge is 0.227 e. The number of thioether (sulfide) groups is 1. The van der Waals surface area contributed by atoms with Crippen LogP contribution in [0.3, 0.4) is 0 Å². The Hall–Kier alpha value is -1.32. The topological polar surface area (TPSA) is 94.4 Å². The first kappa shape index (κ1) is 19.0. The second kappa shape index (κ2) is 7.97. The van der Waals surface area contributed by atoms with Crippen LogP contribution in [0.4, 0.5) is 5.69 Å². The Morgan fingerprint density at radius 3 is 2.67 bits per heavy atom. The highest BCUT2D eigenvalue weighted by molar-refractivity contribution is 8.15. The van der Waals surface area contributed by atoms with Gasteiger partial charge in [-0.3, -0.25) is 9.79 Å². The summed E-state index contributed by atoms with van der Waals surface area (Å²) in [5, 5.41) is 25.0. The van der Waals surface area contributed by atoms with Gasteiger partial charge in [-0.25, -0.2) is 0 Å². The van der Waals surface area contributed by atoms with Gasteiger partial charge in [0.2, 0.25) is 5.91 Å². The number of aliphatic hydroxyl groups excluding tert-OH is 2. The molecule has 1 aliphatic carbocycles. The van der Waals surface area contributed by atoms with Gasteiger partial charge in [0.25, 0.3) is 0 Å². The van der Waals surface area contributed by atoms with Gasteiger partial charge in [-0.05, 0) is 30.7 Å². The highest BCUT2D eigenvalue weighted by Crippen LogP contribution is 2.42. The molecule has 1 aromatic rings. The van der Waals surface area contributed by atoms with Crippen molar-refractivity contribution < 1.29 is 19.7 Å². The molecule has 146 valence electrons. The van der Waals surface area contributed by atoms with Crippen molar-refractivity contribution in [3.8, 4) is 0 Å². The van der Waals surface area contributed by atoms with Crippen LogP contribution in [0.1, 0.15) is 6.42 Å². The summed E-state index contributed by atoms with van der Waals surface area (Å²) < 4.78 is 5.32. The highest BCUT2D eigenvalue weighted by atomic mass is 35.5. The number of nitrogens with zero attached hydrogens (tertiary/aromatic N) is 2. The lowest BCUT2D eigenvalue weighted by molar-refractivity contribution is -0.144. The van der Waals surface area contributed by atoms with Crippen LogP contribution >= 0.6 is 23.4 Å². The maximum Gasteiger partial charge on any atom is 0.227 e. The van der Waals surface area contributed by atoms with E-state index in [1.807, 2.05) is 12.1 Å². The van der Waals surface area contributed by atoms with Crippen LogP contribution in [0.2, 0.25) is 5.02 Å². The van der Waals surface area contributed by atoms with Gasteiger partial charge >= 0.3 is 0 Å². The molecular weight excluding hydrogens is 390 g/mol. The van der Waals surface area contributed by atoms with Gasteiger partial charge in [-0.1, -0.05) is 23.4 Å². The quantitative estimate of drug-likeness (QED) is 0.676. The molecule has 1 amide bonds. The van der Waals surface area contributed by atoms with Crippen molar-refractivity contribution in [1.82, 2.24) is 4.90 Å². The van der Waals surface area contributed by atoms with E-state index in [0.717, 1.165) is 5.69 Å². The molecule has 2 fully saturated rings. The van der Waals surface area contributed by atoms with Gasteiger partial charge in [0.1, 0.15) is 6.10 Å². The number of rotatable bonds is 2. The third kappa shape index (κ3) is 3.95. The number of nitrogens with one attached hydrogen (secondary N) is 1. The third-order valence-corrected chi connectivity index (χ3v) is 6.78. The first-order valence-corrected chi connectivity index (χ1v) is 10.3. The number of carbonyl (C=O) groups is 1. The van der Waals surface area contributed by atoms with Crippen LogP contribution in [0.25, 0.3) is 0 Å². The number of fused-ring (bicyclic) bond motifs is 1. The summed E-state index contributed by atoms with van der Waals surface area (Å²) in [6.45, 7) is 2.19. The first-order valence-electron chi connectivity index (χ1n) is 9.02. The van der Waals surface area contributed by atoms with Gasteiger partial charge in [0.05, 0.1) is 31.3 Å². The third-order valence-electron chi connectivity index (χ3n) is 5.22. The predicted molar refractivity (Wildman–Crippen MR) is 105 cm³/mol. The summed E-state index contributed by atoms with van der Waals surface area (Å²) >= 11 is 7.37. The fourth-order valence-electron chi connectivity index (χ4n) is 3.77. The Morgan fingerprint density at radius 1 is 1.26 bits per heavy atom. The van der Waals surface area contributed by atoms with Gasteiger partial charge < -0.3 is 25.2 Å². The molecule has 2 aliphatic heterocycles. The predicted octanol–water partition coefficient (Wildman–Crippen LogP) is 1.19. The number of amides is 1. The fourth-order valence-corrected chi connectivity index (χ4v) is 5.26. The standard InChI is InChI=1S/C18H22ClN3O4S/c19-10-1-3-11(4-2-10)20-18-21-14-15(24)13(23)9-12(16(14)27-18)17(25)22-5-7-26-8-6-22/h1-4,12-16,23-24H,5-9H2,(H,20,21). The molecule has 0 aromatic heterocycles. The molecule has 0 radical (unpaired) electrons. The van der Waals surface area contributed by atoms with Crippen molar-refractivity contribution in [2.45, 2.75) is 29.9 Å². The number of carbonyl (C=O) groups excluding carboxylic acids is 1. The Kier molecular flexibility index (Phi) is 5.61. The number of anilines is 1. The molecule has 2 heterocycles. The largest absolute Gasteiger partial charge is 0.390 e. The minimum absolute atomic E-state index is 0.00897. The van der Waals surface area contributed by atoms with Crippen LogP contribution in [-0.2, 0) is 9.53 Å². The molecule has 27 heavy (non-hydrogen) atoms. The SMILES string of the molecule is O=C(C1CC(O)C(O)C2N=C(Nc3ccc(Cl)cc3)SC12)N1CCOCC1. The monoisotopic (exact) mass is 411 g/mol. The lowest BCUT2D eigenvalue weighted by atomic mass is 9.80. The molecule has 9 heteroatoms. The van der Waals surface area contributed by atoms with E-state index in [9.17, 15) is 15.0 Å². The molecule has 3 aliphatic rings. The second-order valence-corrected chi connectivity index (χ2v) is 8.58. The maximum absolute atomic E-state index is 13.0. The van der Waals surface area contributed by atoms with Crippen molar-refractivity contribution in [2.24, 2.45) is 10.9 Å². The number of benzene rings is 1. The first-order chi connectivity index (χ1) is 13.0. The van der Waals surface area contributed by atoms with E-state index in [-0.39, 0.29) is 23.5 Å². The van der Waals surface area contributed by atoms with Gasteiger partial charge in [-0.15, -0.1) is 0 Å². The van der Waals surface area contributed by atoms with E-state index in [4.69, 9.17) is 16.3 Å². The normalized spacial score (nSPS) is 33.4. The average molecular weight is 412 g/mol. The van der Waals surface area contributed by atoms with Crippen LogP contribution in [0, 0.1) is 5.92 Å². The molecule has 4 rings (SSSR count). The number of amidine groups is 1. The number of aliphatic hydroxyl groups is 2. The van der Waals surface area contributed by atoms with E-state index >= 15 is 0 Å². The van der Waals surface area contributed by atoms with Crippen molar-refractivity contribution in [3.63, 3.8) is 0 Å². The lowest BCUT2D eigenvalue weighted by Crippen LogP contribution is -2.55. The number of aliphatic imine (C=N–C) groups is 1. The number of halogens is 1. The summed E-state index contributed by atoms with van der Waals surface area (Å²) in [5.74, 6) is -0.375. The lowest BCUT2D eigenvalue weighted by Gasteiger charge is -2.40. The van der Waals surface area contributed by atoms with Crippen molar-refractivity contribution in [1.29, 1.82) is 0 Å². The summed E-state index contributed by atoms with van der Waals surface area (Å²) in [4.78, 5) is 19.4. The second-order valence-electron chi connectivity index (χ2n) is 6.98. The summed E-state index contributed by atoms with van der Waals surface area (Å²) in [5.41, 5.74) is 0.829. The van der Waals surface area contributed by atoms with E-state index in [1.54, 1.807) is 17.0 Å². The summed E-state index contributed by atoms with van der Waals surface area (Å²) in [6, 6.07) is 6.73. The Morgan fingerprint density at radius 2 is 1.96 bits per heavy atom. The molecule has 7 nitrogen and oxygen atoms in total. The zero-order valence-corrected chi connectivity index (χ0v) is 16.2. The molecule has 1 saturated heterocycles. The Balaban J connectivity index is 1.50. The molecule has 1 aromatic carbocycles. The maximum atomic E-state index is 13.0. The minimum Gasteiger partial charge on any atom is -0.390 e. The molecule has 5 unspecified atom stereocenters. The summed E-state index contributed by atoms with van der Waals surface area (Å²) in [6.07, 6.45) is -1.68. The molecule has 1 saturated carbocycles. The van der Waals surface area contributed by atoms with E-state index in [0.29, 0.717) is 36.5 Å². The fraction of sp³-hybridized carbons (Fsp3) is 0.556. The molecule has 0 bridgehead atoms. The molecule has 5 atom stereocenters. The van der Waals surface area contributed by atoms with Crippen LogP contribution in [0.15, 0.2) is 29.3 Å². The number of hydrogen-bond acceptors (Lipinski definition) is 7. The van der Waals surface area contributed by atoms with Crippen molar-refractivity contribution >= 4 is 40.1 Å². The van der Waals surface area contributed by atoms with Crippen LogP contribution in [0.5, 0.6) is 0 Å². The van der Waals surface area contributed by atoms with Crippen molar-refractivity contribution in [2.75, 3.05) is 31.6 Å². The van der Waals surface area contributed by atoms with E-state index in [2.05, 4.69) is 10.3 Å². The number of morpholine rings is 1. The molecule has 3 N–H and O–H groups in total. The zero-order chi connectivity index (χ0) is 19.0. The van der Waals surface area contributed by atoms with Gasteiger partial charge in [-0.2, -0.15) is 0 Å². The molecular formula is C18H22ClN3O4S. The van der Waals surface area contributed by atoms with Crippen LogP contribution < -0.4 is 5.32 Å². The zero-order valence-electron chi connectivity index (χ0n) is 14.6.